The largest absolute Gasteiger partial charge is 0.467 e. The summed E-state index contributed by atoms with van der Waals surface area (Å²) < 4.78 is 46.2. The molecule has 0 radical (unpaired) electrons. The van der Waals surface area contributed by atoms with Gasteiger partial charge in [0.05, 0.1) is 23.6 Å². The van der Waals surface area contributed by atoms with Crippen molar-refractivity contribution in [3.05, 3.63) is 84.1 Å². The van der Waals surface area contributed by atoms with Gasteiger partial charge in [-0.15, -0.1) is 0 Å². The first-order valence-electron chi connectivity index (χ1n) is 10.5. The summed E-state index contributed by atoms with van der Waals surface area (Å²) in [6, 6.07) is 16.0. The van der Waals surface area contributed by atoms with Gasteiger partial charge in [0, 0.05) is 18.8 Å². The van der Waals surface area contributed by atoms with Crippen molar-refractivity contribution < 1.29 is 22.0 Å². The molecule has 1 fully saturated rings. The van der Waals surface area contributed by atoms with Gasteiger partial charge in [0.25, 0.3) is 0 Å². The molecule has 1 aliphatic heterocycles. The van der Waals surface area contributed by atoms with E-state index in [4.69, 9.17) is 4.42 Å². The smallest absolute Gasteiger partial charge is 0.243 e. The van der Waals surface area contributed by atoms with Gasteiger partial charge in [0.2, 0.25) is 15.9 Å². The quantitative estimate of drug-likeness (QED) is 0.553. The molecule has 0 spiro atoms. The molecule has 0 aliphatic carbocycles. The SMILES string of the molecule is Cc1ccc(N(Cc2ccco2)C(=O)C2CCCN(S(=O)(=O)c3ccc(F)cc3)C2)cc1. The summed E-state index contributed by atoms with van der Waals surface area (Å²) in [7, 11) is -3.81. The van der Waals surface area contributed by atoms with Gasteiger partial charge in [-0.25, -0.2) is 12.8 Å². The fourth-order valence-corrected chi connectivity index (χ4v) is 5.44. The molecule has 1 aliphatic rings. The predicted molar refractivity (Wildman–Crippen MR) is 119 cm³/mol. The highest BCUT2D eigenvalue weighted by Crippen LogP contribution is 2.28. The Kier molecular flexibility index (Phi) is 6.43. The Labute approximate surface area is 187 Å². The lowest BCUT2D eigenvalue weighted by Gasteiger charge is -2.34. The maximum atomic E-state index is 13.6. The van der Waals surface area contributed by atoms with Crippen LogP contribution in [0.4, 0.5) is 10.1 Å². The highest BCUT2D eigenvalue weighted by Gasteiger charge is 2.35. The summed E-state index contributed by atoms with van der Waals surface area (Å²) >= 11 is 0. The second kappa shape index (κ2) is 9.26. The van der Waals surface area contributed by atoms with E-state index in [2.05, 4.69) is 0 Å². The number of aryl methyl sites for hydroxylation is 1. The Hall–Kier alpha value is -2.97. The normalized spacial score (nSPS) is 17.2. The number of rotatable bonds is 6. The Morgan fingerprint density at radius 2 is 1.84 bits per heavy atom. The van der Waals surface area contributed by atoms with Crippen molar-refractivity contribution >= 4 is 21.6 Å². The van der Waals surface area contributed by atoms with Crippen molar-refractivity contribution in [2.75, 3.05) is 18.0 Å². The maximum absolute atomic E-state index is 13.6. The molecule has 1 unspecified atom stereocenters. The molecule has 0 bridgehead atoms. The Morgan fingerprint density at radius 3 is 2.50 bits per heavy atom. The van der Waals surface area contributed by atoms with E-state index in [1.165, 1.54) is 16.4 Å². The number of carbonyl (C=O) groups excluding carboxylic acids is 1. The molecule has 3 aromatic rings. The number of furan rings is 1. The van der Waals surface area contributed by atoms with Gasteiger partial charge >= 0.3 is 0 Å². The van der Waals surface area contributed by atoms with Crippen LogP contribution < -0.4 is 4.90 Å². The fourth-order valence-electron chi connectivity index (χ4n) is 3.92. The monoisotopic (exact) mass is 456 g/mol. The van der Waals surface area contributed by atoms with Crippen LogP contribution >= 0.6 is 0 Å². The molecule has 0 N–H and O–H groups in total. The van der Waals surface area contributed by atoms with E-state index in [9.17, 15) is 17.6 Å². The number of sulfonamides is 1. The van der Waals surface area contributed by atoms with Crippen molar-refractivity contribution in [3.63, 3.8) is 0 Å². The van der Waals surface area contributed by atoms with Crippen molar-refractivity contribution in [2.45, 2.75) is 31.2 Å². The van der Waals surface area contributed by atoms with Crippen LogP contribution in [0.2, 0.25) is 0 Å². The van der Waals surface area contributed by atoms with Crippen molar-refractivity contribution in [1.29, 1.82) is 0 Å². The summed E-state index contributed by atoms with van der Waals surface area (Å²) in [5.74, 6) is -0.493. The number of hydrogen-bond acceptors (Lipinski definition) is 4. The number of hydrogen-bond donors (Lipinski definition) is 0. The number of carbonyl (C=O) groups is 1. The molecule has 2 aromatic carbocycles. The summed E-state index contributed by atoms with van der Waals surface area (Å²) in [4.78, 5) is 15.3. The Morgan fingerprint density at radius 1 is 1.12 bits per heavy atom. The highest BCUT2D eigenvalue weighted by atomic mass is 32.2. The lowest BCUT2D eigenvalue weighted by Crippen LogP contribution is -2.46. The summed E-state index contributed by atoms with van der Waals surface area (Å²) in [5, 5.41) is 0. The number of piperidine rings is 1. The number of halogens is 1. The van der Waals surface area contributed by atoms with Crippen LogP contribution in [0, 0.1) is 18.7 Å². The van der Waals surface area contributed by atoms with Gasteiger partial charge in [-0.05, 0) is 68.3 Å². The van der Waals surface area contributed by atoms with Gasteiger partial charge in [0.1, 0.15) is 11.6 Å². The van der Waals surface area contributed by atoms with Crippen molar-refractivity contribution in [2.24, 2.45) is 5.92 Å². The van der Waals surface area contributed by atoms with Crippen LogP contribution in [0.1, 0.15) is 24.2 Å². The molecule has 1 atom stereocenters. The van der Waals surface area contributed by atoms with Crippen molar-refractivity contribution in [3.8, 4) is 0 Å². The van der Waals surface area contributed by atoms with E-state index in [-0.39, 0.29) is 23.9 Å². The molecule has 1 saturated heterocycles. The summed E-state index contributed by atoms with van der Waals surface area (Å²) in [5.41, 5.74) is 1.81. The minimum atomic E-state index is -3.81. The standard InChI is InChI=1S/C24H25FN2O4S/c1-18-6-10-21(11-7-18)27(17-22-5-3-15-31-22)24(28)19-4-2-14-26(16-19)32(29,30)23-12-8-20(25)9-13-23/h3,5-13,15,19H,2,4,14,16-17H2,1H3. The minimum Gasteiger partial charge on any atom is -0.467 e. The van der Waals surface area contributed by atoms with Crippen LogP contribution in [0.5, 0.6) is 0 Å². The van der Waals surface area contributed by atoms with Gasteiger partial charge in [-0.3, -0.25) is 4.79 Å². The molecular formula is C24H25FN2O4S. The second-order valence-corrected chi connectivity index (χ2v) is 9.93. The first kappa shape index (κ1) is 22.2. The van der Waals surface area contributed by atoms with Crippen LogP contribution in [0.3, 0.4) is 0 Å². The van der Waals surface area contributed by atoms with E-state index in [0.717, 1.165) is 23.4 Å². The average molecular weight is 457 g/mol. The van der Waals surface area contributed by atoms with E-state index in [1.807, 2.05) is 31.2 Å². The first-order chi connectivity index (χ1) is 15.3. The molecular weight excluding hydrogens is 431 g/mol. The molecule has 4 rings (SSSR count). The van der Waals surface area contributed by atoms with Crippen molar-refractivity contribution in [1.82, 2.24) is 4.31 Å². The predicted octanol–water partition coefficient (Wildman–Crippen LogP) is 4.36. The third-order valence-electron chi connectivity index (χ3n) is 5.69. The number of nitrogens with zero attached hydrogens (tertiary/aromatic N) is 2. The molecule has 6 nitrogen and oxygen atoms in total. The lowest BCUT2D eigenvalue weighted by atomic mass is 9.97. The number of benzene rings is 2. The second-order valence-electron chi connectivity index (χ2n) is 8.00. The highest BCUT2D eigenvalue weighted by molar-refractivity contribution is 7.89. The fraction of sp³-hybridized carbons (Fsp3) is 0.292. The maximum Gasteiger partial charge on any atom is 0.243 e. The van der Waals surface area contributed by atoms with E-state index >= 15 is 0 Å². The molecule has 168 valence electrons. The molecule has 32 heavy (non-hydrogen) atoms. The lowest BCUT2D eigenvalue weighted by molar-refractivity contribution is -0.123. The van der Waals surface area contributed by atoms with Crippen LogP contribution in [0.15, 0.2) is 76.2 Å². The zero-order valence-electron chi connectivity index (χ0n) is 17.8. The Bertz CT molecular complexity index is 1160. The van der Waals surface area contributed by atoms with Crippen LogP contribution in [0.25, 0.3) is 0 Å². The summed E-state index contributed by atoms with van der Waals surface area (Å²) in [6.45, 7) is 2.64. The van der Waals surface area contributed by atoms with Crippen LogP contribution in [-0.2, 0) is 21.4 Å². The summed E-state index contributed by atoms with van der Waals surface area (Å²) in [6.07, 6.45) is 2.72. The minimum absolute atomic E-state index is 0.0259. The third kappa shape index (κ3) is 4.76. The van der Waals surface area contributed by atoms with E-state index in [0.29, 0.717) is 25.1 Å². The zero-order chi connectivity index (χ0) is 22.7. The molecule has 1 aromatic heterocycles. The zero-order valence-corrected chi connectivity index (χ0v) is 18.6. The molecule has 1 amide bonds. The molecule has 2 heterocycles. The average Bonchev–Trinajstić information content (AvgIpc) is 3.31. The first-order valence-corrected chi connectivity index (χ1v) is 11.9. The van der Waals surface area contributed by atoms with Gasteiger partial charge < -0.3 is 9.32 Å². The molecule has 8 heteroatoms. The number of anilines is 1. The van der Waals surface area contributed by atoms with E-state index < -0.39 is 21.8 Å². The van der Waals surface area contributed by atoms with Gasteiger partial charge in [0.15, 0.2) is 0 Å². The Balaban J connectivity index is 1.58. The van der Waals surface area contributed by atoms with Gasteiger partial charge in [-0.1, -0.05) is 17.7 Å². The van der Waals surface area contributed by atoms with E-state index in [1.54, 1.807) is 23.3 Å². The van der Waals surface area contributed by atoms with Crippen LogP contribution in [-0.4, -0.2) is 31.7 Å². The topological polar surface area (TPSA) is 70.8 Å². The van der Waals surface area contributed by atoms with Gasteiger partial charge in [-0.2, -0.15) is 4.31 Å². The molecule has 0 saturated carbocycles. The third-order valence-corrected chi connectivity index (χ3v) is 7.57. The number of amides is 1.